The van der Waals surface area contributed by atoms with Gasteiger partial charge in [0.2, 0.25) is 0 Å². The number of nitrogens with zero attached hydrogens (tertiary/aromatic N) is 3. The molecule has 5 heterocycles. The molecule has 12 rings (SSSR count). The molecular formula is C60H58BN3O. The molecule has 3 aromatic heterocycles. The molecule has 322 valence electrons. The third kappa shape index (κ3) is 5.63. The van der Waals surface area contributed by atoms with E-state index >= 15 is 0 Å². The Bertz CT molecular complexity index is 3580. The van der Waals surface area contributed by atoms with Crippen LogP contribution in [0.2, 0.25) is 0 Å². The minimum absolute atomic E-state index is 0.0154. The smallest absolute Gasteiger partial charge is 0.297 e. The van der Waals surface area contributed by atoms with Gasteiger partial charge in [0.05, 0.1) is 33.6 Å². The Morgan fingerprint density at radius 2 is 0.954 bits per heavy atom. The van der Waals surface area contributed by atoms with Crippen molar-refractivity contribution in [3.05, 3.63) is 156 Å². The van der Waals surface area contributed by atoms with Crippen molar-refractivity contribution in [2.24, 2.45) is 0 Å². The van der Waals surface area contributed by atoms with Crippen LogP contribution in [0.5, 0.6) is 0 Å². The van der Waals surface area contributed by atoms with Gasteiger partial charge in [-0.1, -0.05) is 162 Å². The number of hydrogen-bond donors (Lipinski definition) is 0. The molecule has 0 amide bonds. The van der Waals surface area contributed by atoms with Gasteiger partial charge in [-0.2, -0.15) is 0 Å². The number of anilines is 6. The Labute approximate surface area is 383 Å². The summed E-state index contributed by atoms with van der Waals surface area (Å²) in [6, 6.07) is 51.1. The van der Waals surface area contributed by atoms with Crippen LogP contribution in [0.3, 0.4) is 0 Å². The molecule has 0 fully saturated rings. The zero-order valence-electron chi connectivity index (χ0n) is 40.0. The van der Waals surface area contributed by atoms with E-state index in [0.717, 1.165) is 33.7 Å². The standard InChI is InChI=1S/C60H58BN3O/c1-57(2,3)35-24-28-38(29-25-35)62-48-32-37(59(7,8)9)33-49-51(48)61(56-53(62)42-20-17-21-44(55(42)65-56)60(10,11)12)45-34-43-40-18-13-15-22-46(40)64-47-23-16-14-19-41(47)50(52(43)64)54(45)63(49)39-30-26-36(27-31-39)58(4,5)6/h13-34H,1-12H3. The van der Waals surface area contributed by atoms with Crippen molar-refractivity contribution in [1.82, 2.24) is 4.40 Å². The zero-order valence-corrected chi connectivity index (χ0v) is 40.0. The summed E-state index contributed by atoms with van der Waals surface area (Å²) in [5, 5.41) is 6.24. The van der Waals surface area contributed by atoms with Gasteiger partial charge in [0.1, 0.15) is 5.58 Å². The van der Waals surface area contributed by atoms with E-state index in [1.165, 1.54) is 88.3 Å². The van der Waals surface area contributed by atoms with E-state index in [0.29, 0.717) is 0 Å². The average Bonchev–Trinajstić information content (AvgIpc) is 3.92. The Hall–Kier alpha value is -6.46. The number of furan rings is 1. The summed E-state index contributed by atoms with van der Waals surface area (Å²) in [6.45, 7) is 27.6. The fourth-order valence-electron chi connectivity index (χ4n) is 11.3. The average molecular weight is 848 g/mol. The third-order valence-electron chi connectivity index (χ3n) is 14.7. The number of benzene rings is 7. The minimum atomic E-state index is -0.190. The summed E-state index contributed by atoms with van der Waals surface area (Å²) < 4.78 is 10.2. The van der Waals surface area contributed by atoms with Crippen molar-refractivity contribution in [2.75, 3.05) is 9.80 Å². The molecule has 0 unspecified atom stereocenters. The van der Waals surface area contributed by atoms with E-state index in [1.807, 2.05) is 0 Å². The zero-order chi connectivity index (χ0) is 45.3. The van der Waals surface area contributed by atoms with Crippen LogP contribution in [0.4, 0.5) is 34.1 Å². The molecule has 4 nitrogen and oxygen atoms in total. The lowest BCUT2D eigenvalue weighted by Gasteiger charge is -2.44. The van der Waals surface area contributed by atoms with Gasteiger partial charge in [-0.3, -0.25) is 0 Å². The number of aromatic nitrogens is 1. The summed E-state index contributed by atoms with van der Waals surface area (Å²) in [7, 11) is 0. The van der Waals surface area contributed by atoms with E-state index < -0.39 is 0 Å². The van der Waals surface area contributed by atoms with Gasteiger partial charge in [0.15, 0.2) is 0 Å². The van der Waals surface area contributed by atoms with Crippen LogP contribution in [0.15, 0.2) is 138 Å². The van der Waals surface area contributed by atoms with Gasteiger partial charge in [-0.15, -0.1) is 0 Å². The summed E-state index contributed by atoms with van der Waals surface area (Å²) >= 11 is 0. The van der Waals surface area contributed by atoms with Crippen molar-refractivity contribution < 1.29 is 4.42 Å². The second kappa shape index (κ2) is 13.1. The van der Waals surface area contributed by atoms with Crippen molar-refractivity contribution >= 4 is 106 Å². The largest absolute Gasteiger partial charge is 0.468 e. The molecule has 7 aromatic carbocycles. The SMILES string of the molecule is CC(C)(C)c1ccc(N2c3cc(C(C)(C)C)cc4c3B(c3cc5c6ccccc6n6c7ccccc7c(c3N4c3ccc(C(C)(C)C)cc3)c56)c3oc4c(C(C)(C)C)cccc4c32)cc1. The highest BCUT2D eigenvalue weighted by Crippen LogP contribution is 2.53. The third-order valence-corrected chi connectivity index (χ3v) is 14.7. The van der Waals surface area contributed by atoms with E-state index in [-0.39, 0.29) is 28.4 Å². The number of para-hydroxylation sites is 3. The second-order valence-corrected chi connectivity index (χ2v) is 23.1. The predicted molar refractivity (Wildman–Crippen MR) is 280 cm³/mol. The molecule has 0 radical (unpaired) electrons. The van der Waals surface area contributed by atoms with E-state index in [2.05, 4.69) is 231 Å². The fraction of sp³-hybridized carbons (Fsp3) is 0.267. The maximum Gasteiger partial charge on any atom is 0.297 e. The molecular weight excluding hydrogens is 789 g/mol. The Morgan fingerprint density at radius 3 is 1.51 bits per heavy atom. The molecule has 10 aromatic rings. The first-order valence-electron chi connectivity index (χ1n) is 23.6. The summed E-state index contributed by atoms with van der Waals surface area (Å²) in [5.74, 6) is 0. The van der Waals surface area contributed by atoms with Gasteiger partial charge in [0, 0.05) is 55.2 Å². The van der Waals surface area contributed by atoms with Crippen LogP contribution in [0, 0.1) is 0 Å². The molecule has 0 aliphatic carbocycles. The lowest BCUT2D eigenvalue weighted by atomic mass is 9.35. The molecule has 0 N–H and O–H groups in total. The van der Waals surface area contributed by atoms with E-state index in [9.17, 15) is 0 Å². The predicted octanol–water partition coefficient (Wildman–Crippen LogP) is 14.9. The van der Waals surface area contributed by atoms with Crippen molar-refractivity contribution in [3.8, 4) is 0 Å². The highest BCUT2D eigenvalue weighted by molar-refractivity contribution is 7.00. The lowest BCUT2D eigenvalue weighted by Crippen LogP contribution is -2.61. The van der Waals surface area contributed by atoms with Crippen molar-refractivity contribution in [3.63, 3.8) is 0 Å². The van der Waals surface area contributed by atoms with Crippen LogP contribution in [-0.4, -0.2) is 11.1 Å². The fourth-order valence-corrected chi connectivity index (χ4v) is 11.3. The molecule has 65 heavy (non-hydrogen) atoms. The summed E-state index contributed by atoms with van der Waals surface area (Å²) in [6.07, 6.45) is 0. The molecule has 2 aliphatic rings. The molecule has 0 saturated carbocycles. The number of fused-ring (bicyclic) bond motifs is 13. The van der Waals surface area contributed by atoms with Gasteiger partial charge < -0.3 is 18.6 Å². The Balaban J connectivity index is 1.29. The second-order valence-electron chi connectivity index (χ2n) is 23.1. The first-order valence-corrected chi connectivity index (χ1v) is 23.6. The maximum absolute atomic E-state index is 7.65. The number of hydrogen-bond acceptors (Lipinski definition) is 3. The van der Waals surface area contributed by atoms with Crippen LogP contribution >= 0.6 is 0 Å². The normalized spacial score (nSPS) is 14.4. The lowest BCUT2D eigenvalue weighted by molar-refractivity contribution is 0.569. The monoisotopic (exact) mass is 847 g/mol. The van der Waals surface area contributed by atoms with Gasteiger partial charge >= 0.3 is 0 Å². The molecule has 0 spiro atoms. The topological polar surface area (TPSA) is 24.0 Å². The van der Waals surface area contributed by atoms with E-state index in [4.69, 9.17) is 4.42 Å². The molecule has 0 saturated heterocycles. The molecule has 5 heteroatoms. The van der Waals surface area contributed by atoms with E-state index in [1.54, 1.807) is 0 Å². The molecule has 2 aliphatic heterocycles. The van der Waals surface area contributed by atoms with Gasteiger partial charge in [0.25, 0.3) is 6.71 Å². The minimum Gasteiger partial charge on any atom is -0.468 e. The highest BCUT2D eigenvalue weighted by Gasteiger charge is 2.49. The van der Waals surface area contributed by atoms with Crippen molar-refractivity contribution in [1.29, 1.82) is 0 Å². The van der Waals surface area contributed by atoms with Crippen LogP contribution in [0.1, 0.15) is 105 Å². The number of rotatable bonds is 2. The first kappa shape index (κ1) is 40.1. The first-order chi connectivity index (χ1) is 30.8. The quantitative estimate of drug-likeness (QED) is 0.162. The Morgan fingerprint density at radius 1 is 0.446 bits per heavy atom. The Kier molecular flexibility index (Phi) is 8.07. The summed E-state index contributed by atoms with van der Waals surface area (Å²) in [4.78, 5) is 5.18. The maximum atomic E-state index is 7.65. The summed E-state index contributed by atoms with van der Waals surface area (Å²) in [5.41, 5.74) is 20.2. The van der Waals surface area contributed by atoms with Gasteiger partial charge in [-0.05, 0) is 104 Å². The van der Waals surface area contributed by atoms with Crippen molar-refractivity contribution in [2.45, 2.75) is 105 Å². The molecule has 0 bridgehead atoms. The van der Waals surface area contributed by atoms with Crippen LogP contribution in [-0.2, 0) is 21.7 Å². The molecule has 0 atom stereocenters. The highest BCUT2D eigenvalue weighted by atomic mass is 16.3. The van der Waals surface area contributed by atoms with Crippen LogP contribution in [0.25, 0.3) is 49.1 Å². The van der Waals surface area contributed by atoms with Gasteiger partial charge in [-0.25, -0.2) is 0 Å². The van der Waals surface area contributed by atoms with Crippen LogP contribution < -0.4 is 26.4 Å².